The van der Waals surface area contributed by atoms with Gasteiger partial charge in [0.1, 0.15) is 23.6 Å². The minimum absolute atomic E-state index is 0.0340. The summed E-state index contributed by atoms with van der Waals surface area (Å²) in [4.78, 5) is 28.7. The van der Waals surface area contributed by atoms with Gasteiger partial charge in [-0.1, -0.05) is 41.9 Å². The van der Waals surface area contributed by atoms with Crippen LogP contribution in [-0.4, -0.2) is 27.8 Å². The first kappa shape index (κ1) is 15.9. The van der Waals surface area contributed by atoms with Crippen LogP contribution in [0.1, 0.15) is 18.3 Å². The summed E-state index contributed by atoms with van der Waals surface area (Å²) in [5, 5.41) is 4.00. The Morgan fingerprint density at radius 3 is 2.62 bits per heavy atom. The largest absolute Gasteiger partial charge is 0.468 e. The molecule has 7 nitrogen and oxygen atoms in total. The molecule has 0 aliphatic rings. The maximum Gasteiger partial charge on any atom is 0.325 e. The maximum absolute atomic E-state index is 12.6. The van der Waals surface area contributed by atoms with Gasteiger partial charge in [0.15, 0.2) is 0 Å². The standard InChI is InChI=1S/C17H17N3O4/c1-4-12-18-15-14(11-7-5-10(2)6-8-11)19-24-16(15)17(22)20(12)9-13(21)23-3/h5-8H,4,9H2,1-3H3. The fraction of sp³-hybridized carbons (Fsp3) is 0.294. The van der Waals surface area contributed by atoms with E-state index in [4.69, 9.17) is 4.52 Å². The number of hydrogen-bond donors (Lipinski definition) is 0. The molecule has 0 bridgehead atoms. The van der Waals surface area contributed by atoms with Crippen molar-refractivity contribution in [1.82, 2.24) is 14.7 Å². The fourth-order valence-electron chi connectivity index (χ4n) is 2.49. The lowest BCUT2D eigenvalue weighted by Crippen LogP contribution is -2.28. The van der Waals surface area contributed by atoms with Gasteiger partial charge < -0.3 is 9.26 Å². The molecule has 0 fully saturated rings. The van der Waals surface area contributed by atoms with Gasteiger partial charge in [-0.2, -0.15) is 0 Å². The van der Waals surface area contributed by atoms with Crippen LogP contribution in [0.15, 0.2) is 33.6 Å². The van der Waals surface area contributed by atoms with Crippen LogP contribution in [0.25, 0.3) is 22.4 Å². The van der Waals surface area contributed by atoms with E-state index in [0.29, 0.717) is 23.5 Å². The molecular formula is C17H17N3O4. The molecule has 0 N–H and O–H groups in total. The van der Waals surface area contributed by atoms with Crippen molar-refractivity contribution in [2.24, 2.45) is 0 Å². The lowest BCUT2D eigenvalue weighted by atomic mass is 10.1. The average Bonchev–Trinajstić information content (AvgIpc) is 3.01. The molecular weight excluding hydrogens is 310 g/mol. The van der Waals surface area contributed by atoms with Gasteiger partial charge in [0, 0.05) is 12.0 Å². The molecule has 3 aromatic rings. The Bertz CT molecular complexity index is 954. The first-order chi connectivity index (χ1) is 11.5. The molecule has 24 heavy (non-hydrogen) atoms. The highest BCUT2D eigenvalue weighted by Crippen LogP contribution is 2.25. The highest BCUT2D eigenvalue weighted by Gasteiger charge is 2.20. The number of aromatic nitrogens is 3. The monoisotopic (exact) mass is 327 g/mol. The normalized spacial score (nSPS) is 11.0. The number of aryl methyl sites for hydroxylation is 2. The molecule has 2 heterocycles. The van der Waals surface area contributed by atoms with E-state index in [0.717, 1.165) is 11.1 Å². The van der Waals surface area contributed by atoms with Gasteiger partial charge in [-0.25, -0.2) is 4.98 Å². The second kappa shape index (κ2) is 6.27. The van der Waals surface area contributed by atoms with Crippen LogP contribution in [-0.2, 0) is 22.5 Å². The minimum Gasteiger partial charge on any atom is -0.468 e. The third-order valence-corrected chi connectivity index (χ3v) is 3.82. The second-order valence-corrected chi connectivity index (χ2v) is 5.42. The zero-order valence-corrected chi connectivity index (χ0v) is 13.7. The Labute approximate surface area is 137 Å². The molecule has 0 atom stereocenters. The summed E-state index contributed by atoms with van der Waals surface area (Å²) in [6.07, 6.45) is 0.487. The molecule has 3 rings (SSSR count). The first-order valence-electron chi connectivity index (χ1n) is 7.58. The summed E-state index contributed by atoms with van der Waals surface area (Å²) in [5.74, 6) is -0.0410. The molecule has 2 aromatic heterocycles. The molecule has 0 saturated carbocycles. The molecule has 0 saturated heterocycles. The summed E-state index contributed by atoms with van der Waals surface area (Å²) < 4.78 is 11.1. The summed E-state index contributed by atoms with van der Waals surface area (Å²) in [5.41, 5.74) is 2.46. The summed E-state index contributed by atoms with van der Waals surface area (Å²) in [6, 6.07) is 7.71. The van der Waals surface area contributed by atoms with Crippen molar-refractivity contribution < 1.29 is 14.1 Å². The van der Waals surface area contributed by atoms with Gasteiger partial charge >= 0.3 is 11.5 Å². The molecule has 0 aliphatic heterocycles. The number of methoxy groups -OCH3 is 1. The predicted octanol–water partition coefficient (Wildman–Crippen LogP) is 2.10. The van der Waals surface area contributed by atoms with E-state index in [1.807, 2.05) is 38.1 Å². The quantitative estimate of drug-likeness (QED) is 0.682. The number of fused-ring (bicyclic) bond motifs is 1. The van der Waals surface area contributed by atoms with Crippen molar-refractivity contribution in [3.8, 4) is 11.3 Å². The molecule has 0 radical (unpaired) electrons. The Hall–Kier alpha value is -2.96. The summed E-state index contributed by atoms with van der Waals surface area (Å²) in [6.45, 7) is 3.64. The van der Waals surface area contributed by atoms with Gasteiger partial charge in [0.25, 0.3) is 5.58 Å². The third kappa shape index (κ3) is 2.68. The molecule has 0 aliphatic carbocycles. The number of carbonyl (C=O) groups excluding carboxylic acids is 1. The van der Waals surface area contributed by atoms with E-state index in [1.54, 1.807) is 0 Å². The number of benzene rings is 1. The van der Waals surface area contributed by atoms with Crippen molar-refractivity contribution in [3.63, 3.8) is 0 Å². The first-order valence-corrected chi connectivity index (χ1v) is 7.58. The zero-order valence-electron chi connectivity index (χ0n) is 13.7. The van der Waals surface area contributed by atoms with Crippen LogP contribution in [0.4, 0.5) is 0 Å². The molecule has 124 valence electrons. The molecule has 0 unspecified atom stereocenters. The highest BCUT2D eigenvalue weighted by atomic mass is 16.5. The number of carbonyl (C=O) groups is 1. The topological polar surface area (TPSA) is 87.2 Å². The van der Waals surface area contributed by atoms with Crippen molar-refractivity contribution in [2.75, 3.05) is 7.11 Å². The van der Waals surface area contributed by atoms with Gasteiger partial charge in [0.05, 0.1) is 7.11 Å². The summed E-state index contributed by atoms with van der Waals surface area (Å²) in [7, 11) is 1.27. The maximum atomic E-state index is 12.6. The van der Waals surface area contributed by atoms with Crippen molar-refractivity contribution in [1.29, 1.82) is 0 Å². The van der Waals surface area contributed by atoms with E-state index in [9.17, 15) is 9.59 Å². The summed E-state index contributed by atoms with van der Waals surface area (Å²) >= 11 is 0. The van der Waals surface area contributed by atoms with Gasteiger partial charge in [0.2, 0.25) is 0 Å². The molecule has 0 amide bonds. The lowest BCUT2D eigenvalue weighted by molar-refractivity contribution is -0.141. The van der Waals surface area contributed by atoms with Gasteiger partial charge in [-0.05, 0) is 6.92 Å². The second-order valence-electron chi connectivity index (χ2n) is 5.42. The Morgan fingerprint density at radius 1 is 1.29 bits per heavy atom. The van der Waals surface area contributed by atoms with Crippen LogP contribution < -0.4 is 5.56 Å². The lowest BCUT2D eigenvalue weighted by Gasteiger charge is -2.09. The number of ether oxygens (including phenoxy) is 1. The molecule has 7 heteroatoms. The minimum atomic E-state index is -0.522. The van der Waals surface area contributed by atoms with E-state index in [2.05, 4.69) is 14.9 Å². The van der Waals surface area contributed by atoms with Crippen molar-refractivity contribution in [2.45, 2.75) is 26.8 Å². The van der Waals surface area contributed by atoms with Crippen LogP contribution in [0, 0.1) is 6.92 Å². The number of esters is 1. The number of hydrogen-bond acceptors (Lipinski definition) is 6. The van der Waals surface area contributed by atoms with Crippen molar-refractivity contribution in [3.05, 3.63) is 46.0 Å². The molecule has 0 spiro atoms. The zero-order chi connectivity index (χ0) is 17.3. The Kier molecular flexibility index (Phi) is 4.16. The van der Waals surface area contributed by atoms with Crippen LogP contribution in [0.5, 0.6) is 0 Å². The van der Waals surface area contributed by atoms with Crippen LogP contribution in [0.3, 0.4) is 0 Å². The van der Waals surface area contributed by atoms with E-state index in [-0.39, 0.29) is 12.1 Å². The Balaban J connectivity index is 2.20. The molecule has 1 aromatic carbocycles. The number of nitrogens with zero attached hydrogens (tertiary/aromatic N) is 3. The van der Waals surface area contributed by atoms with Gasteiger partial charge in [-0.3, -0.25) is 14.2 Å². The fourth-order valence-corrected chi connectivity index (χ4v) is 2.49. The predicted molar refractivity (Wildman–Crippen MR) is 87.6 cm³/mol. The SMILES string of the molecule is CCc1nc2c(-c3ccc(C)cc3)noc2c(=O)n1CC(=O)OC. The van der Waals surface area contributed by atoms with E-state index >= 15 is 0 Å². The number of rotatable bonds is 4. The van der Waals surface area contributed by atoms with E-state index in [1.165, 1.54) is 11.7 Å². The van der Waals surface area contributed by atoms with Gasteiger partial charge in [-0.15, -0.1) is 0 Å². The third-order valence-electron chi connectivity index (χ3n) is 3.82. The highest BCUT2D eigenvalue weighted by molar-refractivity contribution is 5.87. The van der Waals surface area contributed by atoms with Crippen LogP contribution >= 0.6 is 0 Å². The van der Waals surface area contributed by atoms with Crippen LogP contribution in [0.2, 0.25) is 0 Å². The smallest absolute Gasteiger partial charge is 0.325 e. The average molecular weight is 327 g/mol. The van der Waals surface area contributed by atoms with E-state index < -0.39 is 11.5 Å². The van der Waals surface area contributed by atoms with Crippen molar-refractivity contribution >= 4 is 17.1 Å². The Morgan fingerprint density at radius 2 is 2.00 bits per heavy atom.